The lowest BCUT2D eigenvalue weighted by Gasteiger charge is -2.10. The second-order valence-corrected chi connectivity index (χ2v) is 5.12. The number of hydrogen-bond acceptors (Lipinski definition) is 3. The third-order valence-electron chi connectivity index (χ3n) is 3.16. The Morgan fingerprint density at radius 3 is 2.59 bits per heavy atom. The highest BCUT2D eigenvalue weighted by atomic mass is 35.5. The average molecular weight is 317 g/mol. The highest BCUT2D eigenvalue weighted by Crippen LogP contribution is 2.24. The number of benzene rings is 2. The summed E-state index contributed by atoms with van der Waals surface area (Å²) in [4.78, 5) is 12.1. The molecule has 0 fully saturated rings. The normalized spacial score (nSPS) is 10.1. The largest absolute Gasteiger partial charge is 0.497 e. The molecule has 3 nitrogen and oxygen atoms in total. The molecule has 0 atom stereocenters. The Labute approximate surface area is 135 Å². The van der Waals surface area contributed by atoms with E-state index >= 15 is 0 Å². The lowest BCUT2D eigenvalue weighted by Crippen LogP contribution is -2.12. The molecular weight excluding hydrogens is 300 g/mol. The highest BCUT2D eigenvalue weighted by molar-refractivity contribution is 6.30. The first-order valence-corrected chi connectivity index (χ1v) is 7.21. The summed E-state index contributed by atoms with van der Waals surface area (Å²) in [5.41, 5.74) is 1.49. The zero-order valence-corrected chi connectivity index (χ0v) is 13.1. The number of allylic oxidation sites excluding steroid dienone is 1. The van der Waals surface area contributed by atoms with E-state index in [9.17, 15) is 4.79 Å². The van der Waals surface area contributed by atoms with Crippen molar-refractivity contribution in [3.05, 3.63) is 71.3 Å². The molecule has 0 aliphatic rings. The number of carbonyl (C=O) groups is 1. The molecule has 0 aliphatic heterocycles. The molecule has 22 heavy (non-hydrogen) atoms. The van der Waals surface area contributed by atoms with Crippen LogP contribution in [-0.2, 0) is 6.42 Å². The lowest BCUT2D eigenvalue weighted by atomic mass is 10.1. The van der Waals surface area contributed by atoms with Gasteiger partial charge in [0.2, 0.25) is 0 Å². The van der Waals surface area contributed by atoms with Crippen LogP contribution in [0.1, 0.15) is 15.9 Å². The summed E-state index contributed by atoms with van der Waals surface area (Å²) in [5, 5.41) is 0.630. The van der Waals surface area contributed by atoms with Gasteiger partial charge in [0.25, 0.3) is 0 Å². The van der Waals surface area contributed by atoms with Crippen LogP contribution in [0.15, 0.2) is 55.1 Å². The number of rotatable bonds is 7. The van der Waals surface area contributed by atoms with Gasteiger partial charge in [0.15, 0.2) is 12.4 Å². The second kappa shape index (κ2) is 7.66. The van der Waals surface area contributed by atoms with Gasteiger partial charge in [0.05, 0.1) is 7.11 Å². The fourth-order valence-corrected chi connectivity index (χ4v) is 2.20. The van der Waals surface area contributed by atoms with E-state index in [2.05, 4.69) is 6.58 Å². The van der Waals surface area contributed by atoms with E-state index in [0.717, 1.165) is 5.56 Å². The van der Waals surface area contributed by atoms with Gasteiger partial charge < -0.3 is 9.47 Å². The van der Waals surface area contributed by atoms with Gasteiger partial charge in [-0.05, 0) is 54.4 Å². The Bertz CT molecular complexity index is 663. The molecule has 0 heterocycles. The van der Waals surface area contributed by atoms with Gasteiger partial charge in [0, 0.05) is 10.6 Å². The summed E-state index contributed by atoms with van der Waals surface area (Å²) >= 11 is 5.97. The molecule has 0 unspecified atom stereocenters. The first-order chi connectivity index (χ1) is 10.6. The maximum atomic E-state index is 12.1. The van der Waals surface area contributed by atoms with E-state index in [4.69, 9.17) is 21.1 Å². The fraction of sp³-hybridized carbons (Fsp3) is 0.167. The van der Waals surface area contributed by atoms with E-state index < -0.39 is 0 Å². The van der Waals surface area contributed by atoms with E-state index in [0.29, 0.717) is 28.5 Å². The zero-order chi connectivity index (χ0) is 15.9. The Hall–Kier alpha value is -2.26. The van der Waals surface area contributed by atoms with Crippen LogP contribution in [0.3, 0.4) is 0 Å². The van der Waals surface area contributed by atoms with Crippen molar-refractivity contribution >= 4 is 17.4 Å². The topological polar surface area (TPSA) is 35.5 Å². The van der Waals surface area contributed by atoms with Gasteiger partial charge in [-0.25, -0.2) is 0 Å². The van der Waals surface area contributed by atoms with E-state index in [1.54, 1.807) is 49.6 Å². The van der Waals surface area contributed by atoms with Gasteiger partial charge in [-0.1, -0.05) is 17.7 Å². The smallest absolute Gasteiger partial charge is 0.200 e. The Kier molecular flexibility index (Phi) is 5.61. The molecule has 0 N–H and O–H groups in total. The van der Waals surface area contributed by atoms with Crippen molar-refractivity contribution in [2.24, 2.45) is 0 Å². The number of hydrogen-bond donors (Lipinski definition) is 0. The molecule has 0 aromatic heterocycles. The number of ketones is 1. The molecule has 0 aliphatic carbocycles. The van der Waals surface area contributed by atoms with Crippen LogP contribution in [0.25, 0.3) is 0 Å². The minimum absolute atomic E-state index is 0.0297. The van der Waals surface area contributed by atoms with Crippen LogP contribution >= 0.6 is 11.6 Å². The van der Waals surface area contributed by atoms with Crippen molar-refractivity contribution in [1.82, 2.24) is 0 Å². The van der Waals surface area contributed by atoms with Gasteiger partial charge in [-0.3, -0.25) is 4.79 Å². The van der Waals surface area contributed by atoms with Crippen LogP contribution in [-0.4, -0.2) is 19.5 Å². The quantitative estimate of drug-likeness (QED) is 0.563. The minimum Gasteiger partial charge on any atom is -0.497 e. The maximum Gasteiger partial charge on any atom is 0.200 e. The van der Waals surface area contributed by atoms with Gasteiger partial charge in [0.1, 0.15) is 11.5 Å². The monoisotopic (exact) mass is 316 g/mol. The van der Waals surface area contributed by atoms with Crippen LogP contribution in [0, 0.1) is 0 Å². The van der Waals surface area contributed by atoms with Crippen molar-refractivity contribution in [2.75, 3.05) is 13.7 Å². The average Bonchev–Trinajstić information content (AvgIpc) is 2.54. The summed E-state index contributed by atoms with van der Waals surface area (Å²) < 4.78 is 10.7. The molecule has 0 bridgehead atoms. The summed E-state index contributed by atoms with van der Waals surface area (Å²) in [6, 6.07) is 12.3. The second-order valence-electron chi connectivity index (χ2n) is 4.69. The zero-order valence-electron chi connectivity index (χ0n) is 12.3. The van der Waals surface area contributed by atoms with Crippen LogP contribution in [0.5, 0.6) is 11.5 Å². The summed E-state index contributed by atoms with van der Waals surface area (Å²) in [6.07, 6.45) is 2.40. The van der Waals surface area contributed by atoms with Crippen molar-refractivity contribution in [3.63, 3.8) is 0 Å². The molecule has 2 aromatic rings. The first-order valence-electron chi connectivity index (χ1n) is 6.83. The van der Waals surface area contributed by atoms with Crippen LogP contribution in [0.2, 0.25) is 5.02 Å². The summed E-state index contributed by atoms with van der Waals surface area (Å²) in [6.45, 7) is 3.68. The number of carbonyl (C=O) groups excluding carboxylic acids is 1. The highest BCUT2D eigenvalue weighted by Gasteiger charge is 2.09. The SMILES string of the molecule is C=CCc1cc(Cl)ccc1OCC(=O)c1ccc(OC)cc1. The maximum absolute atomic E-state index is 12.1. The van der Waals surface area contributed by atoms with E-state index in [1.165, 1.54) is 0 Å². The standard InChI is InChI=1S/C18H17ClO3/c1-3-4-14-11-15(19)7-10-18(14)22-12-17(20)13-5-8-16(21-2)9-6-13/h3,5-11H,1,4,12H2,2H3. The predicted octanol–water partition coefficient (Wildman–Crippen LogP) is 4.34. The van der Waals surface area contributed by atoms with E-state index in [1.807, 2.05) is 6.07 Å². The first kappa shape index (κ1) is 16.1. The number of ether oxygens (including phenoxy) is 2. The molecule has 0 amide bonds. The number of Topliss-reactive ketones (excluding diaryl/α,β-unsaturated/α-hetero) is 1. The number of halogens is 1. The number of methoxy groups -OCH3 is 1. The fourth-order valence-electron chi connectivity index (χ4n) is 2.01. The van der Waals surface area contributed by atoms with Gasteiger partial charge in [-0.2, -0.15) is 0 Å². The molecule has 114 valence electrons. The molecular formula is C18H17ClO3. The molecule has 0 saturated heterocycles. The molecule has 0 spiro atoms. The molecule has 0 saturated carbocycles. The third kappa shape index (κ3) is 4.12. The lowest BCUT2D eigenvalue weighted by molar-refractivity contribution is 0.0921. The predicted molar refractivity (Wildman–Crippen MR) is 88.2 cm³/mol. The Balaban J connectivity index is 2.05. The van der Waals surface area contributed by atoms with E-state index in [-0.39, 0.29) is 12.4 Å². The molecule has 0 radical (unpaired) electrons. The molecule has 2 aromatic carbocycles. The van der Waals surface area contributed by atoms with Crippen molar-refractivity contribution in [1.29, 1.82) is 0 Å². The van der Waals surface area contributed by atoms with Crippen LogP contribution < -0.4 is 9.47 Å². The molecule has 2 rings (SSSR count). The Morgan fingerprint density at radius 2 is 1.95 bits per heavy atom. The summed E-state index contributed by atoms with van der Waals surface area (Å²) in [7, 11) is 1.58. The van der Waals surface area contributed by atoms with Gasteiger partial charge >= 0.3 is 0 Å². The molecule has 4 heteroatoms. The van der Waals surface area contributed by atoms with Crippen LogP contribution in [0.4, 0.5) is 0 Å². The van der Waals surface area contributed by atoms with Crippen molar-refractivity contribution in [2.45, 2.75) is 6.42 Å². The summed E-state index contributed by atoms with van der Waals surface area (Å²) in [5.74, 6) is 1.26. The minimum atomic E-state index is -0.0952. The Morgan fingerprint density at radius 1 is 1.23 bits per heavy atom. The van der Waals surface area contributed by atoms with Crippen molar-refractivity contribution in [3.8, 4) is 11.5 Å². The third-order valence-corrected chi connectivity index (χ3v) is 3.39. The van der Waals surface area contributed by atoms with Gasteiger partial charge in [-0.15, -0.1) is 6.58 Å². The van der Waals surface area contributed by atoms with Crippen molar-refractivity contribution < 1.29 is 14.3 Å².